The summed E-state index contributed by atoms with van der Waals surface area (Å²) in [5.41, 5.74) is 0.734. The molecule has 0 unspecified atom stereocenters. The van der Waals surface area contributed by atoms with E-state index in [0.717, 1.165) is 31.2 Å². The van der Waals surface area contributed by atoms with Crippen molar-refractivity contribution in [3.63, 3.8) is 0 Å². The lowest BCUT2D eigenvalue weighted by molar-refractivity contribution is -0.134. The Morgan fingerprint density at radius 3 is 2.84 bits per heavy atom. The molecule has 1 aliphatic heterocycles. The molecule has 25 heavy (non-hydrogen) atoms. The summed E-state index contributed by atoms with van der Waals surface area (Å²) < 4.78 is 13.7. The van der Waals surface area contributed by atoms with Gasteiger partial charge in [0.1, 0.15) is 5.82 Å². The fourth-order valence-corrected chi connectivity index (χ4v) is 3.70. The zero-order chi connectivity index (χ0) is 17.8. The van der Waals surface area contributed by atoms with Crippen molar-refractivity contribution >= 4 is 23.4 Å². The summed E-state index contributed by atoms with van der Waals surface area (Å²) in [7, 11) is 0. The molecule has 1 heterocycles. The number of carbonyl (C=O) groups excluding carboxylic acids is 2. The van der Waals surface area contributed by atoms with Crippen molar-refractivity contribution in [2.75, 3.05) is 13.1 Å². The Bertz CT molecular complexity index is 649. The van der Waals surface area contributed by atoms with Gasteiger partial charge in [-0.2, -0.15) is 0 Å². The fourth-order valence-electron chi connectivity index (χ4n) is 3.58. The number of halogens is 2. The molecule has 0 aromatic heterocycles. The Morgan fingerprint density at radius 1 is 1.36 bits per heavy atom. The van der Waals surface area contributed by atoms with Gasteiger partial charge in [-0.3, -0.25) is 14.5 Å². The third-order valence-corrected chi connectivity index (χ3v) is 5.22. The molecular weight excluding hydrogens is 345 g/mol. The zero-order valence-electron chi connectivity index (χ0n) is 14.1. The quantitative estimate of drug-likeness (QED) is 0.839. The predicted molar refractivity (Wildman–Crippen MR) is 93.6 cm³/mol. The van der Waals surface area contributed by atoms with Crippen LogP contribution < -0.4 is 10.6 Å². The van der Waals surface area contributed by atoms with E-state index in [9.17, 15) is 14.0 Å². The molecule has 136 valence electrons. The Hall–Kier alpha value is -1.66. The van der Waals surface area contributed by atoms with E-state index in [4.69, 9.17) is 11.6 Å². The number of amides is 2. The molecule has 1 saturated carbocycles. The van der Waals surface area contributed by atoms with Crippen LogP contribution in [0.1, 0.15) is 37.7 Å². The van der Waals surface area contributed by atoms with Gasteiger partial charge in [-0.05, 0) is 30.5 Å². The third kappa shape index (κ3) is 4.70. The number of hydrogen-bond donors (Lipinski definition) is 2. The molecule has 1 aromatic rings. The van der Waals surface area contributed by atoms with Gasteiger partial charge in [-0.1, -0.05) is 30.5 Å². The van der Waals surface area contributed by atoms with Crippen molar-refractivity contribution in [2.24, 2.45) is 0 Å². The highest BCUT2D eigenvalue weighted by Crippen LogP contribution is 2.20. The fraction of sp³-hybridized carbons (Fsp3) is 0.556. The molecule has 1 aromatic carbocycles. The monoisotopic (exact) mass is 367 g/mol. The lowest BCUT2D eigenvalue weighted by atomic mass is 10.1. The summed E-state index contributed by atoms with van der Waals surface area (Å²) in [6.07, 6.45) is 4.43. The molecule has 2 N–H and O–H groups in total. The van der Waals surface area contributed by atoms with Gasteiger partial charge < -0.3 is 10.6 Å². The molecule has 1 atom stereocenters. The average Bonchev–Trinajstić information content (AvgIpc) is 3.07. The van der Waals surface area contributed by atoms with Crippen LogP contribution in [-0.2, 0) is 16.1 Å². The number of benzene rings is 1. The van der Waals surface area contributed by atoms with E-state index in [1.54, 1.807) is 6.07 Å². The SMILES string of the molecule is O=C(C[C@@H]1C(=O)NCCN1Cc1ccc(Cl)c(F)c1)NC1CCCC1. The van der Waals surface area contributed by atoms with Crippen molar-refractivity contribution < 1.29 is 14.0 Å². The maximum Gasteiger partial charge on any atom is 0.237 e. The van der Waals surface area contributed by atoms with Crippen LogP contribution in [0.2, 0.25) is 5.02 Å². The van der Waals surface area contributed by atoms with Crippen molar-refractivity contribution in [3.8, 4) is 0 Å². The lowest BCUT2D eigenvalue weighted by Gasteiger charge is -2.35. The van der Waals surface area contributed by atoms with Gasteiger partial charge >= 0.3 is 0 Å². The zero-order valence-corrected chi connectivity index (χ0v) is 14.8. The molecule has 3 rings (SSSR count). The molecule has 2 aliphatic rings. The van der Waals surface area contributed by atoms with Crippen molar-refractivity contribution in [2.45, 2.75) is 50.7 Å². The lowest BCUT2D eigenvalue weighted by Crippen LogP contribution is -2.56. The van der Waals surface area contributed by atoms with Gasteiger partial charge in [0.05, 0.1) is 17.5 Å². The molecule has 2 fully saturated rings. The summed E-state index contributed by atoms with van der Waals surface area (Å²) in [5, 5.41) is 5.91. The number of carbonyl (C=O) groups is 2. The summed E-state index contributed by atoms with van der Waals surface area (Å²) in [5.74, 6) is -0.723. The molecule has 5 nitrogen and oxygen atoms in total. The van der Waals surface area contributed by atoms with E-state index in [2.05, 4.69) is 10.6 Å². The van der Waals surface area contributed by atoms with E-state index in [-0.39, 0.29) is 29.3 Å². The molecule has 7 heteroatoms. The average molecular weight is 368 g/mol. The number of piperazine rings is 1. The van der Waals surface area contributed by atoms with E-state index < -0.39 is 11.9 Å². The highest BCUT2D eigenvalue weighted by Gasteiger charge is 2.32. The number of rotatable bonds is 5. The van der Waals surface area contributed by atoms with Gasteiger partial charge in [0.25, 0.3) is 0 Å². The minimum Gasteiger partial charge on any atom is -0.353 e. The molecule has 1 aliphatic carbocycles. The number of hydrogen-bond acceptors (Lipinski definition) is 3. The summed E-state index contributed by atoms with van der Waals surface area (Å²) in [6.45, 7) is 1.55. The van der Waals surface area contributed by atoms with E-state index >= 15 is 0 Å². The third-order valence-electron chi connectivity index (χ3n) is 4.91. The van der Waals surface area contributed by atoms with E-state index in [1.165, 1.54) is 12.1 Å². The molecule has 1 saturated heterocycles. The second-order valence-corrected chi connectivity index (χ2v) is 7.19. The molecule has 2 amide bonds. The Morgan fingerprint density at radius 2 is 2.12 bits per heavy atom. The Labute approximate surface area is 151 Å². The normalized spacial score (nSPS) is 22.0. The largest absolute Gasteiger partial charge is 0.353 e. The molecule has 0 spiro atoms. The standard InChI is InChI=1S/C18H23ClFN3O2/c19-14-6-5-12(9-15(14)20)11-23-8-7-21-18(25)16(23)10-17(24)22-13-3-1-2-4-13/h5-6,9,13,16H,1-4,7-8,10-11H2,(H,21,25)(H,22,24)/t16-/m1/s1. The van der Waals surface area contributed by atoms with Gasteiger partial charge in [-0.15, -0.1) is 0 Å². The van der Waals surface area contributed by atoms with Crippen LogP contribution in [0.15, 0.2) is 18.2 Å². The Kier molecular flexibility index (Phi) is 5.91. The van der Waals surface area contributed by atoms with Crippen LogP contribution in [-0.4, -0.2) is 41.9 Å². The van der Waals surface area contributed by atoms with Crippen LogP contribution in [0.5, 0.6) is 0 Å². The second-order valence-electron chi connectivity index (χ2n) is 6.78. The number of nitrogens with one attached hydrogen (secondary N) is 2. The highest BCUT2D eigenvalue weighted by molar-refractivity contribution is 6.30. The number of nitrogens with zero attached hydrogens (tertiary/aromatic N) is 1. The van der Waals surface area contributed by atoms with Gasteiger partial charge in [0.2, 0.25) is 11.8 Å². The first-order chi connectivity index (χ1) is 12.0. The molecule has 0 bridgehead atoms. The minimum atomic E-state index is -0.533. The topological polar surface area (TPSA) is 61.4 Å². The summed E-state index contributed by atoms with van der Waals surface area (Å²) in [4.78, 5) is 26.5. The van der Waals surface area contributed by atoms with Crippen molar-refractivity contribution in [3.05, 3.63) is 34.6 Å². The molecular formula is C18H23ClFN3O2. The van der Waals surface area contributed by atoms with Crippen LogP contribution in [0.3, 0.4) is 0 Å². The van der Waals surface area contributed by atoms with Gasteiger partial charge in [-0.25, -0.2) is 4.39 Å². The van der Waals surface area contributed by atoms with Crippen molar-refractivity contribution in [1.29, 1.82) is 0 Å². The van der Waals surface area contributed by atoms with E-state index in [1.807, 2.05) is 4.90 Å². The maximum absolute atomic E-state index is 13.7. The van der Waals surface area contributed by atoms with Crippen LogP contribution in [0, 0.1) is 5.82 Å². The molecule has 0 radical (unpaired) electrons. The smallest absolute Gasteiger partial charge is 0.237 e. The van der Waals surface area contributed by atoms with Crippen LogP contribution in [0.25, 0.3) is 0 Å². The summed E-state index contributed by atoms with van der Waals surface area (Å²) in [6, 6.07) is 4.34. The maximum atomic E-state index is 13.7. The van der Waals surface area contributed by atoms with Gasteiger partial charge in [0, 0.05) is 25.7 Å². The van der Waals surface area contributed by atoms with E-state index in [0.29, 0.717) is 19.6 Å². The first-order valence-corrected chi connectivity index (χ1v) is 9.16. The Balaban J connectivity index is 1.64. The van der Waals surface area contributed by atoms with Crippen LogP contribution >= 0.6 is 11.6 Å². The predicted octanol–water partition coefficient (Wildman–Crippen LogP) is 2.23. The summed E-state index contributed by atoms with van der Waals surface area (Å²) >= 11 is 5.72. The minimum absolute atomic E-state index is 0.0765. The first-order valence-electron chi connectivity index (χ1n) is 8.78. The van der Waals surface area contributed by atoms with Crippen LogP contribution in [0.4, 0.5) is 4.39 Å². The first kappa shape index (κ1) is 18.1. The highest BCUT2D eigenvalue weighted by atomic mass is 35.5. The van der Waals surface area contributed by atoms with Gasteiger partial charge in [0.15, 0.2) is 0 Å². The second kappa shape index (κ2) is 8.15. The van der Waals surface area contributed by atoms with Crippen molar-refractivity contribution in [1.82, 2.24) is 15.5 Å².